The maximum atomic E-state index is 13.2. The summed E-state index contributed by atoms with van der Waals surface area (Å²) in [6.45, 7) is 2.85. The van der Waals surface area contributed by atoms with Crippen molar-refractivity contribution in [3.63, 3.8) is 0 Å². The Labute approximate surface area is 194 Å². The summed E-state index contributed by atoms with van der Waals surface area (Å²) >= 11 is 0. The van der Waals surface area contributed by atoms with E-state index in [1.807, 2.05) is 0 Å². The minimum atomic E-state index is -0.627. The van der Waals surface area contributed by atoms with Gasteiger partial charge in [-0.1, -0.05) is 23.8 Å². The van der Waals surface area contributed by atoms with Crippen molar-refractivity contribution < 1.29 is 18.8 Å². The first-order valence-electron chi connectivity index (χ1n) is 11.7. The monoisotopic (exact) mass is 457 g/mol. The Morgan fingerprint density at radius 1 is 1.18 bits per heavy atom. The second kappa shape index (κ2) is 9.91. The van der Waals surface area contributed by atoms with Crippen LogP contribution in [0.3, 0.4) is 0 Å². The maximum absolute atomic E-state index is 13.2. The lowest BCUT2D eigenvalue weighted by atomic mass is 9.96. The zero-order valence-corrected chi connectivity index (χ0v) is 19.3. The lowest BCUT2D eigenvalue weighted by molar-refractivity contribution is -0.185. The molecule has 1 aliphatic carbocycles. The van der Waals surface area contributed by atoms with Gasteiger partial charge in [-0.2, -0.15) is 0 Å². The van der Waals surface area contributed by atoms with Gasteiger partial charge >= 0.3 is 6.03 Å². The number of likely N-dealkylation sites (N-methyl/N-ethyl adjacent to an activating group) is 1. The van der Waals surface area contributed by atoms with Gasteiger partial charge in [0.2, 0.25) is 11.8 Å². The van der Waals surface area contributed by atoms with E-state index in [0.29, 0.717) is 6.54 Å². The molecule has 8 nitrogen and oxygen atoms in total. The van der Waals surface area contributed by atoms with E-state index >= 15 is 0 Å². The topological polar surface area (TPSA) is 76.2 Å². The second-order valence-corrected chi connectivity index (χ2v) is 9.05. The number of rotatable bonds is 5. The Hall–Kier alpha value is -2.94. The first kappa shape index (κ1) is 23.2. The molecule has 4 rings (SSSR count). The largest absolute Gasteiger partial charge is 0.337 e. The Kier molecular flexibility index (Phi) is 6.97. The molecule has 0 bridgehead atoms. The van der Waals surface area contributed by atoms with Crippen LogP contribution in [0.25, 0.3) is 0 Å². The zero-order chi connectivity index (χ0) is 23.5. The summed E-state index contributed by atoms with van der Waals surface area (Å²) in [5.74, 6) is -0.576. The predicted molar refractivity (Wildman–Crippen MR) is 121 cm³/mol. The number of nitrogens with zero attached hydrogens (tertiary/aromatic N) is 4. The van der Waals surface area contributed by atoms with Crippen LogP contribution in [0.1, 0.15) is 44.6 Å². The SMILES string of the molecule is C[C@H]1C(=O)N(CCC2=CCCCC2)C[C@H]2N1C(=O)CN(C)N2C(=O)NCc1ccc(F)cc1. The lowest BCUT2D eigenvalue weighted by Gasteiger charge is -2.53. The lowest BCUT2D eigenvalue weighted by Crippen LogP contribution is -2.75. The molecule has 0 aromatic heterocycles. The van der Waals surface area contributed by atoms with Crippen LogP contribution >= 0.6 is 0 Å². The van der Waals surface area contributed by atoms with Gasteiger partial charge in [0.15, 0.2) is 0 Å². The van der Waals surface area contributed by atoms with Gasteiger partial charge in [-0.15, -0.1) is 0 Å². The molecule has 2 saturated heterocycles. The molecule has 1 aromatic rings. The molecule has 1 aromatic carbocycles. The summed E-state index contributed by atoms with van der Waals surface area (Å²) in [4.78, 5) is 42.3. The molecular formula is C24H32FN5O3. The summed E-state index contributed by atoms with van der Waals surface area (Å²) in [6, 6.07) is 4.95. The number of halogens is 1. The fraction of sp³-hybridized carbons (Fsp3) is 0.542. The fourth-order valence-corrected chi connectivity index (χ4v) is 4.94. The van der Waals surface area contributed by atoms with E-state index in [-0.39, 0.29) is 43.3 Å². The van der Waals surface area contributed by atoms with Crippen molar-refractivity contribution in [3.05, 3.63) is 47.3 Å². The van der Waals surface area contributed by atoms with Gasteiger partial charge in [-0.3, -0.25) is 9.59 Å². The summed E-state index contributed by atoms with van der Waals surface area (Å²) < 4.78 is 13.2. The molecule has 2 heterocycles. The van der Waals surface area contributed by atoms with E-state index in [9.17, 15) is 18.8 Å². The van der Waals surface area contributed by atoms with Crippen LogP contribution < -0.4 is 5.32 Å². The van der Waals surface area contributed by atoms with Crippen molar-refractivity contribution >= 4 is 17.8 Å². The minimum Gasteiger partial charge on any atom is -0.337 e. The number of hydrogen-bond donors (Lipinski definition) is 1. The normalized spacial score (nSPS) is 24.0. The van der Waals surface area contributed by atoms with Crippen LogP contribution in [0.5, 0.6) is 0 Å². The Balaban J connectivity index is 1.47. The number of carbonyl (C=O) groups excluding carboxylic acids is 3. The van der Waals surface area contributed by atoms with Crippen LogP contribution in [0.4, 0.5) is 9.18 Å². The molecule has 4 amide bonds. The van der Waals surface area contributed by atoms with Gasteiger partial charge in [-0.25, -0.2) is 19.2 Å². The van der Waals surface area contributed by atoms with Crippen LogP contribution in [-0.2, 0) is 16.1 Å². The molecule has 0 saturated carbocycles. The molecule has 3 aliphatic rings. The van der Waals surface area contributed by atoms with Crippen molar-refractivity contribution in [3.8, 4) is 0 Å². The number of benzene rings is 1. The van der Waals surface area contributed by atoms with E-state index in [1.54, 1.807) is 36.0 Å². The molecule has 2 fully saturated rings. The number of hydrogen-bond acceptors (Lipinski definition) is 4. The van der Waals surface area contributed by atoms with Crippen molar-refractivity contribution in [1.29, 1.82) is 0 Å². The quantitative estimate of drug-likeness (QED) is 0.690. The maximum Gasteiger partial charge on any atom is 0.334 e. The highest BCUT2D eigenvalue weighted by atomic mass is 19.1. The Morgan fingerprint density at radius 2 is 1.94 bits per heavy atom. The number of nitrogens with one attached hydrogen (secondary N) is 1. The number of amides is 4. The third-order valence-corrected chi connectivity index (χ3v) is 6.75. The molecule has 178 valence electrons. The van der Waals surface area contributed by atoms with Crippen LogP contribution in [-0.4, -0.2) is 76.6 Å². The molecule has 33 heavy (non-hydrogen) atoms. The minimum absolute atomic E-state index is 0.0188. The number of urea groups is 1. The van der Waals surface area contributed by atoms with Crippen LogP contribution in [0, 0.1) is 5.82 Å². The van der Waals surface area contributed by atoms with Gasteiger partial charge in [0.1, 0.15) is 18.0 Å². The van der Waals surface area contributed by atoms with Crippen LogP contribution in [0.2, 0.25) is 0 Å². The predicted octanol–water partition coefficient (Wildman–Crippen LogP) is 2.47. The van der Waals surface area contributed by atoms with Gasteiger partial charge in [0, 0.05) is 20.1 Å². The van der Waals surface area contributed by atoms with Gasteiger partial charge in [0.05, 0.1) is 13.1 Å². The molecule has 2 atom stereocenters. The Morgan fingerprint density at radius 3 is 2.64 bits per heavy atom. The van der Waals surface area contributed by atoms with E-state index in [0.717, 1.165) is 24.8 Å². The molecule has 1 N–H and O–H groups in total. The molecule has 9 heteroatoms. The van der Waals surface area contributed by atoms with Crippen molar-refractivity contribution in [1.82, 2.24) is 25.1 Å². The Bertz CT molecular complexity index is 935. The van der Waals surface area contributed by atoms with Gasteiger partial charge in [0.25, 0.3) is 0 Å². The summed E-state index contributed by atoms with van der Waals surface area (Å²) in [5.41, 5.74) is 2.15. The van der Waals surface area contributed by atoms with Crippen molar-refractivity contribution in [2.45, 2.75) is 57.8 Å². The highest BCUT2D eigenvalue weighted by Crippen LogP contribution is 2.27. The third-order valence-electron chi connectivity index (χ3n) is 6.75. The number of fused-ring (bicyclic) bond motifs is 1. The molecule has 0 unspecified atom stereocenters. The first-order chi connectivity index (χ1) is 15.8. The first-order valence-corrected chi connectivity index (χ1v) is 11.7. The van der Waals surface area contributed by atoms with Crippen LogP contribution in [0.15, 0.2) is 35.9 Å². The number of piperazine rings is 1. The van der Waals surface area contributed by atoms with Crippen molar-refractivity contribution in [2.75, 3.05) is 26.7 Å². The summed E-state index contributed by atoms with van der Waals surface area (Å²) in [5, 5.41) is 6.00. The van der Waals surface area contributed by atoms with Crippen molar-refractivity contribution in [2.24, 2.45) is 0 Å². The highest BCUT2D eigenvalue weighted by molar-refractivity contribution is 5.91. The average molecular weight is 458 g/mol. The van der Waals surface area contributed by atoms with E-state index < -0.39 is 12.2 Å². The fourth-order valence-electron chi connectivity index (χ4n) is 4.94. The highest BCUT2D eigenvalue weighted by Gasteiger charge is 2.49. The van der Waals surface area contributed by atoms with Gasteiger partial charge < -0.3 is 15.1 Å². The summed E-state index contributed by atoms with van der Waals surface area (Å²) in [7, 11) is 1.70. The number of hydrazine groups is 1. The molecule has 2 aliphatic heterocycles. The zero-order valence-electron chi connectivity index (χ0n) is 19.3. The van der Waals surface area contributed by atoms with Gasteiger partial charge in [-0.05, 0) is 56.7 Å². The third kappa shape index (κ3) is 5.03. The second-order valence-electron chi connectivity index (χ2n) is 9.05. The van der Waals surface area contributed by atoms with E-state index in [4.69, 9.17) is 0 Å². The van der Waals surface area contributed by atoms with E-state index in [2.05, 4.69) is 11.4 Å². The summed E-state index contributed by atoms with van der Waals surface area (Å²) in [6.07, 6.45) is 7.11. The average Bonchev–Trinajstić information content (AvgIpc) is 2.80. The molecular weight excluding hydrogens is 425 g/mol. The molecule has 0 radical (unpaired) electrons. The number of allylic oxidation sites excluding steroid dienone is 1. The molecule has 0 spiro atoms. The standard InChI is InChI=1S/C24H32FN5O3/c1-17-23(32)28(13-12-18-6-4-3-5-7-18)15-21-29(17)22(31)16-27(2)30(21)24(33)26-14-19-8-10-20(25)11-9-19/h6,8-11,17,21H,3-5,7,12-16H2,1-2H3,(H,26,33)/t17-,21-/m0/s1. The van der Waals surface area contributed by atoms with E-state index in [1.165, 1.54) is 40.5 Å². The smallest absolute Gasteiger partial charge is 0.334 e. The number of carbonyl (C=O) groups is 3.